The maximum atomic E-state index is 11.0. The van der Waals surface area contributed by atoms with Crippen molar-refractivity contribution < 1.29 is 23.7 Å². The second-order valence-corrected chi connectivity index (χ2v) is 3.77. The van der Waals surface area contributed by atoms with E-state index in [1.165, 1.54) is 7.11 Å². The molecule has 1 aliphatic heterocycles. The summed E-state index contributed by atoms with van der Waals surface area (Å²) in [5.41, 5.74) is 0. The average Bonchev–Trinajstić information content (AvgIpc) is 2.87. The van der Waals surface area contributed by atoms with Crippen molar-refractivity contribution in [3.8, 4) is 0 Å². The smallest absolute Gasteiger partial charge is 0.308 e. The maximum absolute atomic E-state index is 11.0. The third-order valence-electron chi connectivity index (χ3n) is 2.49. The standard InChI is InChI=1S/C11H14O5/c1-7-3-4-9(14-7)10-5-8(15-16-10)6-11(12)13-2/h3-4,8,10H,5-6H2,1-2H3/t8-,10+/m1/s1. The first kappa shape index (κ1) is 11.2. The van der Waals surface area contributed by atoms with Gasteiger partial charge in [0, 0.05) is 6.42 Å². The molecular formula is C11H14O5. The summed E-state index contributed by atoms with van der Waals surface area (Å²) in [6.07, 6.45) is 0.306. The molecule has 0 spiro atoms. The highest BCUT2D eigenvalue weighted by Crippen LogP contribution is 2.33. The normalized spacial score (nSPS) is 24.6. The van der Waals surface area contributed by atoms with Crippen LogP contribution in [0, 0.1) is 6.92 Å². The fourth-order valence-corrected chi connectivity index (χ4v) is 1.64. The summed E-state index contributed by atoms with van der Waals surface area (Å²) < 4.78 is 9.99. The average molecular weight is 226 g/mol. The van der Waals surface area contributed by atoms with E-state index in [-0.39, 0.29) is 24.6 Å². The minimum atomic E-state index is -0.301. The zero-order valence-corrected chi connectivity index (χ0v) is 9.26. The molecule has 88 valence electrons. The summed E-state index contributed by atoms with van der Waals surface area (Å²) >= 11 is 0. The van der Waals surface area contributed by atoms with Crippen molar-refractivity contribution in [3.05, 3.63) is 23.7 Å². The number of methoxy groups -OCH3 is 1. The van der Waals surface area contributed by atoms with Crippen molar-refractivity contribution in [2.75, 3.05) is 7.11 Å². The lowest BCUT2D eigenvalue weighted by molar-refractivity contribution is -0.301. The molecule has 0 bridgehead atoms. The van der Waals surface area contributed by atoms with Crippen LogP contribution in [-0.2, 0) is 19.3 Å². The Kier molecular flexibility index (Phi) is 3.26. The van der Waals surface area contributed by atoms with Crippen molar-refractivity contribution in [2.45, 2.75) is 32.0 Å². The summed E-state index contributed by atoms with van der Waals surface area (Å²) in [6, 6.07) is 3.72. The molecule has 0 aliphatic carbocycles. The summed E-state index contributed by atoms with van der Waals surface area (Å²) in [6.45, 7) is 1.87. The van der Waals surface area contributed by atoms with Crippen LogP contribution in [0.15, 0.2) is 16.5 Å². The zero-order chi connectivity index (χ0) is 11.5. The first-order valence-corrected chi connectivity index (χ1v) is 5.14. The van der Waals surface area contributed by atoms with Gasteiger partial charge in [-0.1, -0.05) is 0 Å². The van der Waals surface area contributed by atoms with E-state index in [1.807, 2.05) is 19.1 Å². The van der Waals surface area contributed by atoms with Gasteiger partial charge in [-0.2, -0.15) is 0 Å². The van der Waals surface area contributed by atoms with Gasteiger partial charge in [0.15, 0.2) is 6.10 Å². The number of hydrogen-bond acceptors (Lipinski definition) is 5. The molecule has 0 amide bonds. The summed E-state index contributed by atoms with van der Waals surface area (Å²) in [5.74, 6) is 1.25. The van der Waals surface area contributed by atoms with E-state index in [4.69, 9.17) is 14.2 Å². The lowest BCUT2D eigenvalue weighted by Gasteiger charge is -2.03. The van der Waals surface area contributed by atoms with Crippen molar-refractivity contribution in [1.82, 2.24) is 0 Å². The van der Waals surface area contributed by atoms with Crippen LogP contribution in [0.2, 0.25) is 0 Å². The molecule has 1 aromatic rings. The van der Waals surface area contributed by atoms with Crippen LogP contribution in [0.3, 0.4) is 0 Å². The molecule has 2 rings (SSSR count). The Morgan fingerprint density at radius 3 is 2.94 bits per heavy atom. The van der Waals surface area contributed by atoms with Crippen LogP contribution < -0.4 is 0 Å². The number of rotatable bonds is 3. The molecular weight excluding hydrogens is 212 g/mol. The molecule has 16 heavy (non-hydrogen) atoms. The Labute approximate surface area is 93.2 Å². The Bertz CT molecular complexity index is 370. The van der Waals surface area contributed by atoms with Gasteiger partial charge in [-0.25, -0.2) is 9.78 Å². The quantitative estimate of drug-likeness (QED) is 0.582. The molecule has 0 aromatic carbocycles. The second-order valence-electron chi connectivity index (χ2n) is 3.77. The van der Waals surface area contributed by atoms with Crippen LogP contribution in [0.1, 0.15) is 30.5 Å². The second kappa shape index (κ2) is 4.67. The lowest BCUT2D eigenvalue weighted by atomic mass is 10.1. The molecule has 5 nitrogen and oxygen atoms in total. The van der Waals surface area contributed by atoms with Gasteiger partial charge in [0.25, 0.3) is 0 Å². The third-order valence-corrected chi connectivity index (χ3v) is 2.49. The molecule has 0 unspecified atom stereocenters. The molecule has 2 atom stereocenters. The van der Waals surface area contributed by atoms with Crippen molar-refractivity contribution in [2.24, 2.45) is 0 Å². The van der Waals surface area contributed by atoms with Crippen LogP contribution in [0.25, 0.3) is 0 Å². The highest BCUT2D eigenvalue weighted by molar-refractivity contribution is 5.69. The van der Waals surface area contributed by atoms with Gasteiger partial charge in [0.1, 0.15) is 17.6 Å². The molecule has 1 saturated heterocycles. The van der Waals surface area contributed by atoms with Gasteiger partial charge in [0.2, 0.25) is 0 Å². The van der Waals surface area contributed by atoms with Crippen molar-refractivity contribution in [1.29, 1.82) is 0 Å². The van der Waals surface area contributed by atoms with Crippen molar-refractivity contribution in [3.63, 3.8) is 0 Å². The Morgan fingerprint density at radius 2 is 2.31 bits per heavy atom. The minimum absolute atomic E-state index is 0.201. The predicted molar refractivity (Wildman–Crippen MR) is 53.4 cm³/mol. The van der Waals surface area contributed by atoms with E-state index in [2.05, 4.69) is 4.74 Å². The number of aryl methyl sites for hydroxylation is 1. The number of esters is 1. The topological polar surface area (TPSA) is 57.9 Å². The van der Waals surface area contributed by atoms with Gasteiger partial charge in [-0.05, 0) is 19.1 Å². The summed E-state index contributed by atoms with van der Waals surface area (Å²) in [5, 5.41) is 0. The predicted octanol–water partition coefficient (Wildman–Crippen LogP) is 1.91. The summed E-state index contributed by atoms with van der Waals surface area (Å²) in [4.78, 5) is 21.2. The maximum Gasteiger partial charge on any atom is 0.308 e. The number of ether oxygens (including phenoxy) is 1. The van der Waals surface area contributed by atoms with Crippen LogP contribution >= 0.6 is 0 Å². The molecule has 2 heterocycles. The fourth-order valence-electron chi connectivity index (χ4n) is 1.64. The van der Waals surface area contributed by atoms with Gasteiger partial charge in [-0.3, -0.25) is 4.79 Å². The minimum Gasteiger partial charge on any atom is -0.469 e. The van der Waals surface area contributed by atoms with E-state index in [9.17, 15) is 4.79 Å². The Hall–Kier alpha value is -1.33. The third kappa shape index (κ3) is 2.43. The molecule has 0 N–H and O–H groups in total. The van der Waals surface area contributed by atoms with E-state index in [0.717, 1.165) is 11.5 Å². The summed E-state index contributed by atoms with van der Waals surface area (Å²) in [7, 11) is 1.35. The van der Waals surface area contributed by atoms with Gasteiger partial charge in [-0.15, -0.1) is 0 Å². The molecule has 0 saturated carbocycles. The molecule has 1 aliphatic rings. The van der Waals surface area contributed by atoms with E-state index in [0.29, 0.717) is 6.42 Å². The number of furan rings is 1. The SMILES string of the molecule is COC(=O)C[C@H]1C[C@@H](c2ccc(C)o2)OO1. The molecule has 1 fully saturated rings. The number of hydrogen-bond donors (Lipinski definition) is 0. The monoisotopic (exact) mass is 226 g/mol. The largest absolute Gasteiger partial charge is 0.469 e. The fraction of sp³-hybridized carbons (Fsp3) is 0.545. The molecule has 0 radical (unpaired) electrons. The Morgan fingerprint density at radius 1 is 1.50 bits per heavy atom. The van der Waals surface area contributed by atoms with Gasteiger partial charge in [0.05, 0.1) is 13.5 Å². The van der Waals surface area contributed by atoms with E-state index < -0.39 is 0 Å². The van der Waals surface area contributed by atoms with Gasteiger partial charge < -0.3 is 9.15 Å². The van der Waals surface area contributed by atoms with E-state index in [1.54, 1.807) is 0 Å². The van der Waals surface area contributed by atoms with Gasteiger partial charge >= 0.3 is 5.97 Å². The number of carbonyl (C=O) groups is 1. The van der Waals surface area contributed by atoms with Crippen LogP contribution in [0.4, 0.5) is 0 Å². The zero-order valence-electron chi connectivity index (χ0n) is 9.26. The highest BCUT2D eigenvalue weighted by atomic mass is 17.2. The molecule has 1 aromatic heterocycles. The van der Waals surface area contributed by atoms with E-state index >= 15 is 0 Å². The Balaban J connectivity index is 1.90. The lowest BCUT2D eigenvalue weighted by Crippen LogP contribution is -2.13. The van der Waals surface area contributed by atoms with Crippen molar-refractivity contribution >= 4 is 5.97 Å². The first-order chi connectivity index (χ1) is 7.69. The highest BCUT2D eigenvalue weighted by Gasteiger charge is 2.32. The number of carbonyl (C=O) groups excluding carboxylic acids is 1. The van der Waals surface area contributed by atoms with Crippen LogP contribution in [-0.4, -0.2) is 19.2 Å². The molecule has 5 heteroatoms. The first-order valence-electron chi connectivity index (χ1n) is 5.14. The van der Waals surface area contributed by atoms with Crippen LogP contribution in [0.5, 0.6) is 0 Å².